The maximum Gasteiger partial charge on any atom is 0.490 e. The van der Waals surface area contributed by atoms with E-state index in [-0.39, 0.29) is 22.1 Å². The highest BCUT2D eigenvalue weighted by Gasteiger charge is 2.38. The number of hydrogen-bond donors (Lipinski definition) is 4. The lowest BCUT2D eigenvalue weighted by molar-refractivity contribution is -0.192. The van der Waals surface area contributed by atoms with Crippen LogP contribution in [0.1, 0.15) is 23.7 Å². The molecular formula is C24H28ClF3N4O7S. The molecule has 0 radical (unpaired) electrons. The molecule has 0 aromatic heterocycles. The van der Waals surface area contributed by atoms with E-state index >= 15 is 0 Å². The monoisotopic (exact) mass is 608 g/mol. The van der Waals surface area contributed by atoms with Crippen LogP contribution in [0.3, 0.4) is 0 Å². The molecule has 1 aliphatic rings. The predicted octanol–water partition coefficient (Wildman–Crippen LogP) is 3.12. The van der Waals surface area contributed by atoms with Gasteiger partial charge in [0.2, 0.25) is 5.91 Å². The highest BCUT2D eigenvalue weighted by molar-refractivity contribution is 7.92. The molecule has 1 saturated heterocycles. The lowest BCUT2D eigenvalue weighted by Gasteiger charge is -2.36. The molecule has 3 rings (SSSR count). The molecule has 2 aromatic rings. The van der Waals surface area contributed by atoms with Gasteiger partial charge in [0, 0.05) is 43.4 Å². The fourth-order valence-corrected chi connectivity index (χ4v) is 4.71. The zero-order valence-electron chi connectivity index (χ0n) is 21.2. The topological polar surface area (TPSA) is 156 Å². The fraction of sp³-hybridized carbons (Fsp3) is 0.375. The molecule has 1 amide bonds. The summed E-state index contributed by atoms with van der Waals surface area (Å²) in [6.45, 7) is 5.55. The van der Waals surface area contributed by atoms with Gasteiger partial charge in [-0.2, -0.15) is 13.2 Å². The molecule has 0 bridgehead atoms. The van der Waals surface area contributed by atoms with Crippen molar-refractivity contribution in [1.29, 1.82) is 0 Å². The predicted molar refractivity (Wildman–Crippen MR) is 141 cm³/mol. The lowest BCUT2D eigenvalue weighted by atomic mass is 10.1. The van der Waals surface area contributed by atoms with Crippen molar-refractivity contribution in [2.45, 2.75) is 24.4 Å². The summed E-state index contributed by atoms with van der Waals surface area (Å²) in [6.07, 6.45) is -4.20. The smallest absolute Gasteiger partial charge is 0.478 e. The number of amides is 1. The number of nitrogens with zero attached hydrogens (tertiary/aromatic N) is 2. The van der Waals surface area contributed by atoms with E-state index in [1.165, 1.54) is 36.4 Å². The number of sulfonamides is 1. The second kappa shape index (κ2) is 14.2. The third-order valence-corrected chi connectivity index (χ3v) is 7.15. The van der Waals surface area contributed by atoms with E-state index in [9.17, 15) is 36.3 Å². The molecule has 1 aliphatic heterocycles. The summed E-state index contributed by atoms with van der Waals surface area (Å²) in [5, 5.41) is 20.1. The fourth-order valence-electron chi connectivity index (χ4n) is 3.50. The summed E-state index contributed by atoms with van der Waals surface area (Å²) >= 11 is 5.81. The van der Waals surface area contributed by atoms with Crippen molar-refractivity contribution in [3.05, 3.63) is 53.1 Å². The van der Waals surface area contributed by atoms with E-state index in [2.05, 4.69) is 10.0 Å². The maximum atomic E-state index is 12.7. The molecule has 0 atom stereocenters. The van der Waals surface area contributed by atoms with Crippen LogP contribution in [-0.2, 0) is 19.6 Å². The molecule has 0 unspecified atom stereocenters. The largest absolute Gasteiger partial charge is 0.490 e. The molecular weight excluding hydrogens is 581 g/mol. The number of nitrogens with one attached hydrogen (secondary N) is 2. The minimum absolute atomic E-state index is 0.00390. The van der Waals surface area contributed by atoms with Crippen molar-refractivity contribution < 1.29 is 46.2 Å². The van der Waals surface area contributed by atoms with Gasteiger partial charge in [-0.05, 0) is 48.9 Å². The molecule has 4 N–H and O–H groups in total. The Balaban J connectivity index is 0.000000708. The Hall–Kier alpha value is -3.56. The normalized spacial score (nSPS) is 14.1. The number of carbonyl (C=O) groups is 3. The zero-order chi connectivity index (χ0) is 30.1. The number of piperazine rings is 1. The second-order valence-electron chi connectivity index (χ2n) is 8.51. The molecule has 11 nitrogen and oxygen atoms in total. The first kappa shape index (κ1) is 32.7. The first-order chi connectivity index (χ1) is 18.6. The van der Waals surface area contributed by atoms with E-state index in [1.807, 2.05) is 16.7 Å². The Kier molecular flexibility index (Phi) is 11.6. The number of carboxylic acids is 2. The summed E-state index contributed by atoms with van der Waals surface area (Å²) in [6, 6.07) is 10.2. The summed E-state index contributed by atoms with van der Waals surface area (Å²) < 4.78 is 59.4. The first-order valence-electron chi connectivity index (χ1n) is 11.8. The molecule has 1 heterocycles. The van der Waals surface area contributed by atoms with Crippen LogP contribution in [0.2, 0.25) is 5.02 Å². The average molecular weight is 609 g/mol. The first-order valence-corrected chi connectivity index (χ1v) is 13.7. The highest BCUT2D eigenvalue weighted by Crippen LogP contribution is 2.27. The van der Waals surface area contributed by atoms with Crippen LogP contribution in [0.15, 0.2) is 47.4 Å². The van der Waals surface area contributed by atoms with E-state index in [4.69, 9.17) is 21.5 Å². The van der Waals surface area contributed by atoms with Gasteiger partial charge in [-0.15, -0.1) is 0 Å². The molecule has 220 valence electrons. The molecule has 16 heteroatoms. The van der Waals surface area contributed by atoms with Gasteiger partial charge in [0.15, 0.2) is 0 Å². The summed E-state index contributed by atoms with van der Waals surface area (Å²) in [7, 11) is -3.98. The number of carboxylic acid groups (broad SMARTS) is 2. The highest BCUT2D eigenvalue weighted by atomic mass is 35.5. The summed E-state index contributed by atoms with van der Waals surface area (Å²) in [5.74, 6) is -4.00. The molecule has 1 fully saturated rings. The number of anilines is 2. The number of aliphatic carboxylic acids is 1. The quantitative estimate of drug-likeness (QED) is 0.336. The lowest BCUT2D eigenvalue weighted by Crippen LogP contribution is -2.49. The number of rotatable bonds is 9. The minimum atomic E-state index is -5.08. The molecule has 0 aliphatic carbocycles. The van der Waals surface area contributed by atoms with Crippen molar-refractivity contribution in [2.75, 3.05) is 48.9 Å². The minimum Gasteiger partial charge on any atom is -0.478 e. The van der Waals surface area contributed by atoms with E-state index < -0.39 is 28.1 Å². The number of carbonyl (C=O) groups excluding carboxylic acids is 1. The van der Waals surface area contributed by atoms with Gasteiger partial charge in [-0.3, -0.25) is 14.4 Å². The number of alkyl halides is 3. The standard InChI is InChI=1S/C22H27ClN4O5S.C2HF3O2/c1-2-9-24-21(28)15-26-10-12-27(13-11-26)17-5-8-20(19(14-17)22(29)30)25-33(31,32)18-6-3-16(23)4-7-18;3-2(4,5)1(6)7/h3-8,14,25H,2,9-13,15H2,1H3,(H,24,28)(H,29,30);(H,6,7). The number of hydrogen-bond acceptors (Lipinski definition) is 7. The second-order valence-corrected chi connectivity index (χ2v) is 10.6. The zero-order valence-corrected chi connectivity index (χ0v) is 22.8. The van der Waals surface area contributed by atoms with Crippen LogP contribution >= 0.6 is 11.6 Å². The van der Waals surface area contributed by atoms with Crippen molar-refractivity contribution >= 4 is 50.8 Å². The Morgan fingerprint density at radius 1 is 1.00 bits per heavy atom. The Morgan fingerprint density at radius 2 is 1.57 bits per heavy atom. The molecule has 40 heavy (non-hydrogen) atoms. The third-order valence-electron chi connectivity index (χ3n) is 5.52. The Labute approximate surface area is 233 Å². The van der Waals surface area contributed by atoms with Gasteiger partial charge in [0.1, 0.15) is 0 Å². The molecule has 0 saturated carbocycles. The van der Waals surface area contributed by atoms with E-state index in [1.54, 1.807) is 6.07 Å². The van der Waals surface area contributed by atoms with Gasteiger partial charge >= 0.3 is 18.1 Å². The third kappa shape index (κ3) is 9.88. The van der Waals surface area contributed by atoms with Crippen LogP contribution in [0.5, 0.6) is 0 Å². The van der Waals surface area contributed by atoms with E-state index in [0.29, 0.717) is 50.0 Å². The van der Waals surface area contributed by atoms with Gasteiger partial charge in [0.25, 0.3) is 10.0 Å². The average Bonchev–Trinajstić information content (AvgIpc) is 2.88. The summed E-state index contributed by atoms with van der Waals surface area (Å²) in [4.78, 5) is 36.7. The van der Waals surface area contributed by atoms with E-state index in [0.717, 1.165) is 6.42 Å². The summed E-state index contributed by atoms with van der Waals surface area (Å²) in [5.41, 5.74) is 0.510. The van der Waals surface area contributed by atoms with Crippen molar-refractivity contribution in [1.82, 2.24) is 10.2 Å². The van der Waals surface area contributed by atoms with Crippen molar-refractivity contribution in [2.24, 2.45) is 0 Å². The Bertz CT molecular complexity index is 1300. The maximum absolute atomic E-state index is 12.7. The van der Waals surface area contributed by atoms with Gasteiger partial charge in [-0.1, -0.05) is 18.5 Å². The number of benzene rings is 2. The molecule has 2 aromatic carbocycles. The van der Waals surface area contributed by atoms with Crippen molar-refractivity contribution in [3.63, 3.8) is 0 Å². The molecule has 0 spiro atoms. The van der Waals surface area contributed by atoms with Crippen LogP contribution in [0.25, 0.3) is 0 Å². The van der Waals surface area contributed by atoms with Crippen LogP contribution in [0.4, 0.5) is 24.5 Å². The number of halogens is 4. The van der Waals surface area contributed by atoms with Crippen molar-refractivity contribution in [3.8, 4) is 0 Å². The van der Waals surface area contributed by atoms with Crippen LogP contribution in [0, 0.1) is 0 Å². The van der Waals surface area contributed by atoms with Gasteiger partial charge in [0.05, 0.1) is 22.7 Å². The van der Waals surface area contributed by atoms with Gasteiger partial charge in [-0.25, -0.2) is 18.0 Å². The number of aromatic carboxylic acids is 1. The van der Waals surface area contributed by atoms with Gasteiger partial charge < -0.3 is 20.4 Å². The SMILES string of the molecule is CCCNC(=O)CN1CCN(c2ccc(NS(=O)(=O)c3ccc(Cl)cc3)c(C(=O)O)c2)CC1.O=C(O)C(F)(F)F. The Morgan fingerprint density at radius 3 is 2.08 bits per heavy atom. The van der Waals surface area contributed by atoms with Crippen LogP contribution in [-0.4, -0.2) is 86.8 Å². The van der Waals surface area contributed by atoms with Crippen LogP contribution < -0.4 is 14.9 Å².